The molecule has 188 valence electrons. The molecular weight excluding hydrogens is 456 g/mol. The van der Waals surface area contributed by atoms with E-state index in [1.54, 1.807) is 23.9 Å². The molecule has 0 fully saturated rings. The van der Waals surface area contributed by atoms with Crippen LogP contribution in [-0.4, -0.2) is 70.2 Å². The van der Waals surface area contributed by atoms with E-state index in [0.29, 0.717) is 30.8 Å². The fourth-order valence-electron chi connectivity index (χ4n) is 4.57. The number of methoxy groups -OCH3 is 1. The first-order valence-electron chi connectivity index (χ1n) is 11.6. The monoisotopic (exact) mass is 492 g/mol. The molecule has 0 saturated heterocycles. The standard InChI is InChI=1S/C23H36N4O6Si/c1-14-21(32-3)18-12-16(24-23(30)15(2)29)6-7-19(18)33-22(14)20(34(4,5)31)8-10-27-13-17(9-11-28)25-26-27/h6-7,12-15,20-22,28-29,31H,8-11H2,1-5H3,(H,24,30)/t14-,15+,20?,21-,22-/m1/s1. The van der Waals surface area contributed by atoms with Gasteiger partial charge in [0.05, 0.1) is 11.8 Å². The number of fused-ring (bicyclic) bond motifs is 1. The normalized spacial score (nSPS) is 21.9. The van der Waals surface area contributed by atoms with Crippen molar-refractivity contribution in [1.29, 1.82) is 0 Å². The molecule has 1 aromatic carbocycles. The number of hydrogen-bond acceptors (Lipinski definition) is 8. The molecule has 2 aromatic rings. The highest BCUT2D eigenvalue weighted by molar-refractivity contribution is 6.71. The van der Waals surface area contributed by atoms with Crippen LogP contribution in [0.1, 0.15) is 37.6 Å². The Kier molecular flexibility index (Phi) is 8.47. The van der Waals surface area contributed by atoms with Gasteiger partial charge in [0.15, 0.2) is 8.32 Å². The molecule has 2 heterocycles. The Bertz CT molecular complexity index is 977. The largest absolute Gasteiger partial charge is 0.490 e. The van der Waals surface area contributed by atoms with Gasteiger partial charge in [0.2, 0.25) is 0 Å². The smallest absolute Gasteiger partial charge is 0.252 e. The number of carbonyl (C=O) groups is 1. The summed E-state index contributed by atoms with van der Waals surface area (Å²) in [6.07, 6.45) is 1.25. The second kappa shape index (κ2) is 11.0. The number of carbonyl (C=O) groups excluding carboxylic acids is 1. The summed E-state index contributed by atoms with van der Waals surface area (Å²) in [6, 6.07) is 5.33. The van der Waals surface area contributed by atoms with Crippen molar-refractivity contribution in [3.8, 4) is 5.75 Å². The van der Waals surface area contributed by atoms with E-state index in [1.165, 1.54) is 6.92 Å². The summed E-state index contributed by atoms with van der Waals surface area (Å²) in [4.78, 5) is 23.1. The van der Waals surface area contributed by atoms with Gasteiger partial charge in [-0.3, -0.25) is 9.48 Å². The van der Waals surface area contributed by atoms with Crippen LogP contribution in [0.15, 0.2) is 24.4 Å². The molecule has 4 N–H and O–H groups in total. The van der Waals surface area contributed by atoms with E-state index in [0.717, 1.165) is 11.3 Å². The lowest BCUT2D eigenvalue weighted by Gasteiger charge is -2.43. The molecule has 0 spiro atoms. The van der Waals surface area contributed by atoms with Crippen LogP contribution < -0.4 is 10.1 Å². The first kappa shape index (κ1) is 26.3. The number of aliphatic hydroxyl groups excluding tert-OH is 2. The molecule has 1 amide bonds. The van der Waals surface area contributed by atoms with Gasteiger partial charge in [0.25, 0.3) is 5.91 Å². The number of ether oxygens (including phenoxy) is 2. The van der Waals surface area contributed by atoms with Crippen LogP contribution in [0.25, 0.3) is 0 Å². The Labute approximate surface area is 201 Å². The van der Waals surface area contributed by atoms with E-state index in [2.05, 4.69) is 15.6 Å². The quantitative estimate of drug-likeness (QED) is 0.369. The van der Waals surface area contributed by atoms with Crippen LogP contribution in [0.2, 0.25) is 18.6 Å². The first-order chi connectivity index (χ1) is 16.0. The SMILES string of the molecule is CO[C@H]1c2cc(NC(=O)[C@H](C)O)ccc2O[C@@H](C(CCn2cc(CCO)nn2)[Si](C)(C)O)[C@@H]1C. The third-order valence-corrected chi connectivity index (χ3v) is 8.84. The summed E-state index contributed by atoms with van der Waals surface area (Å²) in [7, 11) is -1.01. The Morgan fingerprint density at radius 2 is 2.12 bits per heavy atom. The fraction of sp³-hybridized carbons (Fsp3) is 0.609. The minimum atomic E-state index is -2.65. The molecule has 34 heavy (non-hydrogen) atoms. The van der Waals surface area contributed by atoms with Crippen LogP contribution in [0.4, 0.5) is 5.69 Å². The molecule has 11 heteroatoms. The summed E-state index contributed by atoms with van der Waals surface area (Å²) in [6.45, 7) is 7.88. The van der Waals surface area contributed by atoms with Gasteiger partial charge >= 0.3 is 0 Å². The third kappa shape index (κ3) is 6.02. The van der Waals surface area contributed by atoms with E-state index in [-0.39, 0.29) is 30.3 Å². The highest BCUT2D eigenvalue weighted by Gasteiger charge is 2.46. The highest BCUT2D eigenvalue weighted by atomic mass is 28.4. The van der Waals surface area contributed by atoms with Gasteiger partial charge in [0, 0.05) is 55.6 Å². The summed E-state index contributed by atoms with van der Waals surface area (Å²) in [5, 5.41) is 29.5. The summed E-state index contributed by atoms with van der Waals surface area (Å²) < 4.78 is 14.1. The summed E-state index contributed by atoms with van der Waals surface area (Å²) in [5.41, 5.74) is 2.00. The van der Waals surface area contributed by atoms with Gasteiger partial charge in [-0.25, -0.2) is 0 Å². The lowest BCUT2D eigenvalue weighted by Crippen LogP contribution is -2.48. The van der Waals surface area contributed by atoms with Gasteiger partial charge in [-0.05, 0) is 44.6 Å². The minimum absolute atomic E-state index is 0.0214. The summed E-state index contributed by atoms with van der Waals surface area (Å²) >= 11 is 0. The number of benzene rings is 1. The molecule has 5 atom stereocenters. The molecule has 0 aliphatic carbocycles. The molecule has 0 bridgehead atoms. The maximum absolute atomic E-state index is 11.9. The van der Waals surface area contributed by atoms with Gasteiger partial charge < -0.3 is 29.8 Å². The zero-order chi connectivity index (χ0) is 25.0. The van der Waals surface area contributed by atoms with Crippen molar-refractivity contribution in [1.82, 2.24) is 15.0 Å². The van der Waals surface area contributed by atoms with Crippen molar-refractivity contribution in [2.75, 3.05) is 19.0 Å². The number of rotatable bonds is 10. The first-order valence-corrected chi connectivity index (χ1v) is 14.6. The number of nitrogens with zero attached hydrogens (tertiary/aromatic N) is 3. The van der Waals surface area contributed by atoms with Crippen molar-refractivity contribution < 1.29 is 29.3 Å². The van der Waals surface area contributed by atoms with Gasteiger partial charge in [-0.2, -0.15) is 0 Å². The Balaban J connectivity index is 1.83. The zero-order valence-electron chi connectivity index (χ0n) is 20.4. The van der Waals surface area contributed by atoms with Crippen molar-refractivity contribution in [3.63, 3.8) is 0 Å². The molecule has 0 saturated carbocycles. The van der Waals surface area contributed by atoms with Crippen LogP contribution in [-0.2, 0) is 22.5 Å². The van der Waals surface area contributed by atoms with Crippen molar-refractivity contribution in [2.45, 2.75) is 70.2 Å². The van der Waals surface area contributed by atoms with Crippen LogP contribution in [0.3, 0.4) is 0 Å². The lowest BCUT2D eigenvalue weighted by molar-refractivity contribution is -0.123. The number of amides is 1. The van der Waals surface area contributed by atoms with E-state index < -0.39 is 20.3 Å². The van der Waals surface area contributed by atoms with E-state index >= 15 is 0 Å². The Morgan fingerprint density at radius 1 is 1.38 bits per heavy atom. The molecule has 1 aliphatic heterocycles. The predicted octanol–water partition coefficient (Wildman–Crippen LogP) is 1.87. The van der Waals surface area contributed by atoms with E-state index in [9.17, 15) is 14.7 Å². The highest BCUT2D eigenvalue weighted by Crippen LogP contribution is 2.47. The van der Waals surface area contributed by atoms with Gasteiger partial charge in [-0.1, -0.05) is 12.1 Å². The predicted molar refractivity (Wildman–Crippen MR) is 129 cm³/mol. The maximum atomic E-state index is 11.9. The number of hydrogen-bond donors (Lipinski definition) is 4. The lowest BCUT2D eigenvalue weighted by atomic mass is 9.86. The summed E-state index contributed by atoms with van der Waals surface area (Å²) in [5.74, 6) is 0.101. The average Bonchev–Trinajstić information content (AvgIpc) is 3.21. The number of aliphatic hydroxyl groups is 2. The number of nitrogens with one attached hydrogen (secondary N) is 1. The second-order valence-electron chi connectivity index (χ2n) is 9.51. The molecule has 3 rings (SSSR count). The van der Waals surface area contributed by atoms with Crippen LogP contribution in [0.5, 0.6) is 5.75 Å². The van der Waals surface area contributed by atoms with Crippen LogP contribution in [0, 0.1) is 5.92 Å². The Morgan fingerprint density at radius 3 is 2.74 bits per heavy atom. The van der Waals surface area contributed by atoms with Crippen molar-refractivity contribution >= 4 is 19.9 Å². The molecule has 1 aromatic heterocycles. The number of aryl methyl sites for hydroxylation is 1. The van der Waals surface area contributed by atoms with Gasteiger partial charge in [-0.15, -0.1) is 5.10 Å². The van der Waals surface area contributed by atoms with E-state index in [1.807, 2.05) is 32.3 Å². The zero-order valence-corrected chi connectivity index (χ0v) is 21.4. The molecular formula is C23H36N4O6Si. The number of anilines is 1. The maximum Gasteiger partial charge on any atom is 0.252 e. The fourth-order valence-corrected chi connectivity index (χ4v) is 6.58. The topological polar surface area (TPSA) is 139 Å². The molecule has 1 unspecified atom stereocenters. The van der Waals surface area contributed by atoms with Crippen molar-refractivity contribution in [3.05, 3.63) is 35.7 Å². The van der Waals surface area contributed by atoms with E-state index in [4.69, 9.17) is 14.6 Å². The van der Waals surface area contributed by atoms with Crippen molar-refractivity contribution in [2.24, 2.45) is 5.92 Å². The third-order valence-electron chi connectivity index (χ3n) is 6.40. The molecule has 10 nitrogen and oxygen atoms in total. The number of aromatic nitrogens is 3. The molecule has 1 aliphatic rings. The minimum Gasteiger partial charge on any atom is -0.490 e. The molecule has 0 radical (unpaired) electrons. The van der Waals surface area contributed by atoms with Gasteiger partial charge in [0.1, 0.15) is 18.0 Å². The van der Waals surface area contributed by atoms with Crippen LogP contribution >= 0.6 is 0 Å². The Hall–Kier alpha value is -2.31. The second-order valence-corrected chi connectivity index (χ2v) is 13.6. The average molecular weight is 493 g/mol.